The minimum Gasteiger partial charge on any atom is -0.480 e. The molecule has 2 N–H and O–H groups in total. The van der Waals surface area contributed by atoms with Crippen LogP contribution < -0.4 is 5.32 Å². The largest absolute Gasteiger partial charge is 0.480 e. The highest BCUT2D eigenvalue weighted by Gasteiger charge is 2.19. The standard InChI is InChI=1S/C16H22FNO3/c1-2-3-4-5-9-14(16(20)21)18-15(19)11-12-7-6-8-13(17)10-12/h6-8,10,14H,2-5,9,11H2,1H3,(H,18,19)(H,20,21)/t14-/m1/s1. The van der Waals surface area contributed by atoms with Crippen molar-refractivity contribution in [3.63, 3.8) is 0 Å². The smallest absolute Gasteiger partial charge is 0.326 e. The van der Waals surface area contributed by atoms with Crippen molar-refractivity contribution >= 4 is 11.9 Å². The van der Waals surface area contributed by atoms with Gasteiger partial charge in [-0.2, -0.15) is 0 Å². The molecule has 116 valence electrons. The molecule has 1 atom stereocenters. The molecule has 1 aromatic rings. The highest BCUT2D eigenvalue weighted by molar-refractivity contribution is 5.84. The topological polar surface area (TPSA) is 66.4 Å². The van der Waals surface area contributed by atoms with E-state index in [9.17, 15) is 14.0 Å². The first-order valence-corrected chi connectivity index (χ1v) is 7.29. The van der Waals surface area contributed by atoms with Crippen molar-refractivity contribution in [3.8, 4) is 0 Å². The van der Waals surface area contributed by atoms with Gasteiger partial charge in [-0.1, -0.05) is 44.7 Å². The van der Waals surface area contributed by atoms with Crippen LogP contribution in [0.25, 0.3) is 0 Å². The van der Waals surface area contributed by atoms with Gasteiger partial charge in [0.25, 0.3) is 0 Å². The molecule has 0 saturated carbocycles. The van der Waals surface area contributed by atoms with Gasteiger partial charge in [-0.05, 0) is 24.1 Å². The number of carboxylic acids is 1. The van der Waals surface area contributed by atoms with Gasteiger partial charge in [0.1, 0.15) is 11.9 Å². The molecule has 0 aliphatic carbocycles. The van der Waals surface area contributed by atoms with Crippen molar-refractivity contribution in [1.29, 1.82) is 0 Å². The van der Waals surface area contributed by atoms with E-state index in [0.717, 1.165) is 25.7 Å². The zero-order chi connectivity index (χ0) is 15.7. The van der Waals surface area contributed by atoms with Crippen LogP contribution in [-0.2, 0) is 16.0 Å². The lowest BCUT2D eigenvalue weighted by Gasteiger charge is -2.14. The maximum Gasteiger partial charge on any atom is 0.326 e. The lowest BCUT2D eigenvalue weighted by atomic mass is 10.1. The molecule has 0 radical (unpaired) electrons. The first-order valence-electron chi connectivity index (χ1n) is 7.29. The van der Waals surface area contributed by atoms with Crippen molar-refractivity contribution in [1.82, 2.24) is 5.32 Å². The predicted octanol–water partition coefficient (Wildman–Crippen LogP) is 2.91. The summed E-state index contributed by atoms with van der Waals surface area (Å²) < 4.78 is 13.0. The number of nitrogens with one attached hydrogen (secondary N) is 1. The van der Waals surface area contributed by atoms with E-state index in [1.807, 2.05) is 0 Å². The van der Waals surface area contributed by atoms with Crippen LogP contribution in [0.3, 0.4) is 0 Å². The van der Waals surface area contributed by atoms with Gasteiger partial charge in [0.15, 0.2) is 0 Å². The third-order valence-corrected chi connectivity index (χ3v) is 3.23. The van der Waals surface area contributed by atoms with Gasteiger partial charge in [-0.25, -0.2) is 9.18 Å². The van der Waals surface area contributed by atoms with E-state index in [4.69, 9.17) is 5.11 Å². The van der Waals surface area contributed by atoms with Gasteiger partial charge < -0.3 is 10.4 Å². The van der Waals surface area contributed by atoms with Crippen molar-refractivity contribution in [2.45, 2.75) is 51.5 Å². The van der Waals surface area contributed by atoms with E-state index in [1.165, 1.54) is 18.2 Å². The summed E-state index contributed by atoms with van der Waals surface area (Å²) in [6, 6.07) is 4.87. The third-order valence-electron chi connectivity index (χ3n) is 3.23. The summed E-state index contributed by atoms with van der Waals surface area (Å²) in [6.45, 7) is 2.08. The number of carbonyl (C=O) groups excluding carboxylic acids is 1. The maximum absolute atomic E-state index is 13.0. The minimum absolute atomic E-state index is 0.0174. The second-order valence-corrected chi connectivity index (χ2v) is 5.11. The van der Waals surface area contributed by atoms with Crippen molar-refractivity contribution in [2.24, 2.45) is 0 Å². The Balaban J connectivity index is 2.46. The number of benzene rings is 1. The maximum atomic E-state index is 13.0. The van der Waals surface area contributed by atoms with E-state index in [0.29, 0.717) is 12.0 Å². The Morgan fingerprint density at radius 1 is 1.29 bits per heavy atom. The average molecular weight is 295 g/mol. The molecule has 1 aromatic carbocycles. The van der Waals surface area contributed by atoms with Crippen LogP contribution in [0.1, 0.15) is 44.6 Å². The van der Waals surface area contributed by atoms with Gasteiger partial charge >= 0.3 is 5.97 Å². The molecule has 4 nitrogen and oxygen atoms in total. The Morgan fingerprint density at radius 2 is 2.05 bits per heavy atom. The van der Waals surface area contributed by atoms with Gasteiger partial charge in [0.2, 0.25) is 5.91 Å². The van der Waals surface area contributed by atoms with Crippen molar-refractivity contribution in [3.05, 3.63) is 35.6 Å². The molecule has 1 amide bonds. The van der Waals surface area contributed by atoms with E-state index in [1.54, 1.807) is 6.07 Å². The van der Waals surface area contributed by atoms with E-state index in [-0.39, 0.29) is 6.42 Å². The minimum atomic E-state index is -1.03. The van der Waals surface area contributed by atoms with E-state index < -0.39 is 23.7 Å². The summed E-state index contributed by atoms with van der Waals surface area (Å²) in [4.78, 5) is 23.0. The molecule has 0 heterocycles. The summed E-state index contributed by atoms with van der Waals surface area (Å²) in [5, 5.41) is 11.6. The molecular weight excluding hydrogens is 273 g/mol. The monoisotopic (exact) mass is 295 g/mol. The Bertz CT molecular complexity index is 476. The summed E-state index contributed by atoms with van der Waals surface area (Å²) >= 11 is 0. The summed E-state index contributed by atoms with van der Waals surface area (Å²) in [6.07, 6.45) is 4.26. The second kappa shape index (κ2) is 9.10. The van der Waals surface area contributed by atoms with Crippen LogP contribution in [0.2, 0.25) is 0 Å². The van der Waals surface area contributed by atoms with Crippen molar-refractivity contribution < 1.29 is 19.1 Å². The Morgan fingerprint density at radius 3 is 2.67 bits per heavy atom. The van der Waals surface area contributed by atoms with Gasteiger partial charge in [0, 0.05) is 0 Å². The van der Waals surface area contributed by atoms with Gasteiger partial charge in [-0.3, -0.25) is 4.79 Å². The highest BCUT2D eigenvalue weighted by Crippen LogP contribution is 2.08. The fraction of sp³-hybridized carbons (Fsp3) is 0.500. The number of carbonyl (C=O) groups is 2. The molecule has 0 saturated heterocycles. The molecule has 21 heavy (non-hydrogen) atoms. The SMILES string of the molecule is CCCCCC[C@@H](NC(=O)Cc1cccc(F)c1)C(=O)O. The average Bonchev–Trinajstić information content (AvgIpc) is 2.42. The molecule has 0 unspecified atom stereocenters. The normalized spacial score (nSPS) is 11.9. The number of aliphatic carboxylic acids is 1. The zero-order valence-electron chi connectivity index (χ0n) is 12.3. The second-order valence-electron chi connectivity index (χ2n) is 5.11. The number of hydrogen-bond acceptors (Lipinski definition) is 2. The number of amides is 1. The van der Waals surface area contributed by atoms with E-state index >= 15 is 0 Å². The summed E-state index contributed by atoms with van der Waals surface area (Å²) in [7, 11) is 0. The van der Waals surface area contributed by atoms with Gasteiger partial charge in [0.05, 0.1) is 6.42 Å². The first kappa shape index (κ1) is 17.1. The van der Waals surface area contributed by atoms with Crippen LogP contribution >= 0.6 is 0 Å². The van der Waals surface area contributed by atoms with Gasteiger partial charge in [-0.15, -0.1) is 0 Å². The number of unbranched alkanes of at least 4 members (excludes halogenated alkanes) is 3. The molecule has 0 aromatic heterocycles. The quantitative estimate of drug-likeness (QED) is 0.688. The highest BCUT2D eigenvalue weighted by atomic mass is 19.1. The molecule has 0 aliphatic heterocycles. The lowest BCUT2D eigenvalue weighted by Crippen LogP contribution is -2.41. The molecule has 0 bridgehead atoms. The number of rotatable bonds is 9. The number of carboxylic acid groups (broad SMARTS) is 1. The predicted molar refractivity (Wildman–Crippen MR) is 78.4 cm³/mol. The Kier molecular flexibility index (Phi) is 7.43. The van der Waals surface area contributed by atoms with Crippen molar-refractivity contribution in [2.75, 3.05) is 0 Å². The molecule has 1 rings (SSSR count). The zero-order valence-corrected chi connectivity index (χ0v) is 12.3. The van der Waals surface area contributed by atoms with Crippen LogP contribution in [0, 0.1) is 5.82 Å². The molecule has 0 aliphatic rings. The summed E-state index contributed by atoms with van der Waals surface area (Å²) in [5.41, 5.74) is 0.530. The fourth-order valence-electron chi connectivity index (χ4n) is 2.11. The fourth-order valence-corrected chi connectivity index (χ4v) is 2.11. The Hall–Kier alpha value is -1.91. The molecule has 0 fully saturated rings. The first-order chi connectivity index (χ1) is 10.0. The van der Waals surface area contributed by atoms with Crippen LogP contribution in [0.5, 0.6) is 0 Å². The number of hydrogen-bond donors (Lipinski definition) is 2. The van der Waals surface area contributed by atoms with Crippen LogP contribution in [0.15, 0.2) is 24.3 Å². The van der Waals surface area contributed by atoms with Crippen LogP contribution in [-0.4, -0.2) is 23.0 Å². The van der Waals surface area contributed by atoms with Crippen LogP contribution in [0.4, 0.5) is 4.39 Å². The molecule has 0 spiro atoms. The number of halogens is 1. The van der Waals surface area contributed by atoms with E-state index in [2.05, 4.69) is 12.2 Å². The Labute approximate surface area is 124 Å². The molecule has 5 heteroatoms. The molecular formula is C16H22FNO3. The lowest BCUT2D eigenvalue weighted by molar-refractivity contribution is -0.142. The third kappa shape index (κ3) is 6.88. The summed E-state index contributed by atoms with van der Waals surface area (Å²) in [5.74, 6) is -1.84.